The Hall–Kier alpha value is -2.96. The summed E-state index contributed by atoms with van der Waals surface area (Å²) in [6, 6.07) is 5.76. The SMILES string of the molecule is NC(=O)c1ccc(NC(=O)Nc2cnccn2)cc1. The average molecular weight is 257 g/mol. The average Bonchev–Trinajstić information content (AvgIpc) is 2.40. The fraction of sp³-hybridized carbons (Fsp3) is 0. The molecule has 0 spiro atoms. The third-order valence-corrected chi connectivity index (χ3v) is 2.23. The molecule has 19 heavy (non-hydrogen) atoms. The second-order valence-corrected chi connectivity index (χ2v) is 3.61. The highest BCUT2D eigenvalue weighted by Gasteiger charge is 2.04. The predicted octanol–water partition coefficient (Wildman–Crippen LogP) is 1.22. The number of benzene rings is 1. The summed E-state index contributed by atoms with van der Waals surface area (Å²) in [5.41, 5.74) is 6.02. The normalized spacial score (nSPS) is 9.68. The van der Waals surface area contributed by atoms with Crippen LogP contribution in [0.5, 0.6) is 0 Å². The largest absolute Gasteiger partial charge is 0.366 e. The van der Waals surface area contributed by atoms with E-state index in [9.17, 15) is 9.59 Å². The summed E-state index contributed by atoms with van der Waals surface area (Å²) in [6.07, 6.45) is 4.40. The summed E-state index contributed by atoms with van der Waals surface area (Å²) in [7, 11) is 0. The highest BCUT2D eigenvalue weighted by Crippen LogP contribution is 2.09. The van der Waals surface area contributed by atoms with E-state index in [4.69, 9.17) is 5.73 Å². The topological polar surface area (TPSA) is 110 Å². The number of carbonyl (C=O) groups is 2. The van der Waals surface area contributed by atoms with Crippen LogP contribution >= 0.6 is 0 Å². The number of primary amides is 1. The van der Waals surface area contributed by atoms with Crippen molar-refractivity contribution in [2.24, 2.45) is 5.73 Å². The zero-order chi connectivity index (χ0) is 13.7. The Bertz CT molecular complexity index is 583. The van der Waals surface area contributed by atoms with Gasteiger partial charge in [-0.1, -0.05) is 0 Å². The number of nitrogens with two attached hydrogens (primary N) is 1. The van der Waals surface area contributed by atoms with Crippen LogP contribution in [0.15, 0.2) is 42.9 Å². The Morgan fingerprint density at radius 3 is 2.37 bits per heavy atom. The minimum Gasteiger partial charge on any atom is -0.366 e. The molecular weight excluding hydrogens is 246 g/mol. The van der Waals surface area contributed by atoms with Crippen LogP contribution in [0.25, 0.3) is 0 Å². The molecule has 0 atom stereocenters. The van der Waals surface area contributed by atoms with Crippen molar-refractivity contribution in [1.82, 2.24) is 9.97 Å². The molecule has 96 valence electrons. The maximum Gasteiger partial charge on any atom is 0.324 e. The van der Waals surface area contributed by atoms with E-state index in [-0.39, 0.29) is 0 Å². The summed E-state index contributed by atoms with van der Waals surface area (Å²) in [6.45, 7) is 0. The van der Waals surface area contributed by atoms with E-state index in [0.717, 1.165) is 0 Å². The molecule has 0 aliphatic heterocycles. The summed E-state index contributed by atoms with van der Waals surface area (Å²) in [5.74, 6) is -0.177. The molecule has 0 saturated carbocycles. The van der Waals surface area contributed by atoms with E-state index in [0.29, 0.717) is 17.1 Å². The van der Waals surface area contributed by atoms with E-state index < -0.39 is 11.9 Å². The first-order valence-electron chi connectivity index (χ1n) is 5.39. The van der Waals surface area contributed by atoms with Crippen LogP contribution in [0.2, 0.25) is 0 Å². The van der Waals surface area contributed by atoms with Crippen LogP contribution in [-0.4, -0.2) is 21.9 Å². The molecule has 1 aromatic heterocycles. The lowest BCUT2D eigenvalue weighted by Crippen LogP contribution is -2.20. The first-order valence-corrected chi connectivity index (χ1v) is 5.39. The number of nitrogens with one attached hydrogen (secondary N) is 2. The molecule has 0 saturated heterocycles. The predicted molar refractivity (Wildman–Crippen MR) is 69.6 cm³/mol. The zero-order valence-corrected chi connectivity index (χ0v) is 9.83. The second-order valence-electron chi connectivity index (χ2n) is 3.61. The lowest BCUT2D eigenvalue weighted by Gasteiger charge is -2.06. The first kappa shape index (κ1) is 12.5. The number of urea groups is 1. The van der Waals surface area contributed by atoms with Gasteiger partial charge in [0.15, 0.2) is 5.82 Å². The van der Waals surface area contributed by atoms with Crippen molar-refractivity contribution in [3.63, 3.8) is 0 Å². The molecule has 3 amide bonds. The Kier molecular flexibility index (Phi) is 3.67. The summed E-state index contributed by atoms with van der Waals surface area (Å²) in [5, 5.41) is 5.10. The van der Waals surface area contributed by atoms with Crippen molar-refractivity contribution in [3.05, 3.63) is 48.4 Å². The van der Waals surface area contributed by atoms with Gasteiger partial charge in [0.05, 0.1) is 6.20 Å². The van der Waals surface area contributed by atoms with Gasteiger partial charge in [0.2, 0.25) is 5.91 Å². The minimum atomic E-state index is -0.518. The standard InChI is InChI=1S/C12H11N5O2/c13-11(18)8-1-3-9(4-2-8)16-12(19)17-10-7-14-5-6-15-10/h1-7H,(H2,13,18)(H2,15,16,17,19). The second kappa shape index (κ2) is 5.58. The monoisotopic (exact) mass is 257 g/mol. The van der Waals surface area contributed by atoms with Gasteiger partial charge >= 0.3 is 6.03 Å². The van der Waals surface area contributed by atoms with E-state index in [2.05, 4.69) is 20.6 Å². The fourth-order valence-electron chi connectivity index (χ4n) is 1.36. The zero-order valence-electron chi connectivity index (χ0n) is 9.83. The maximum absolute atomic E-state index is 11.6. The summed E-state index contributed by atoms with van der Waals surface area (Å²) < 4.78 is 0. The van der Waals surface area contributed by atoms with E-state index in [1.807, 2.05) is 0 Å². The van der Waals surface area contributed by atoms with E-state index >= 15 is 0 Å². The fourth-order valence-corrected chi connectivity index (χ4v) is 1.36. The van der Waals surface area contributed by atoms with Crippen LogP contribution in [0, 0.1) is 0 Å². The van der Waals surface area contributed by atoms with Gasteiger partial charge in [-0.15, -0.1) is 0 Å². The van der Waals surface area contributed by atoms with Crippen LogP contribution in [0.4, 0.5) is 16.3 Å². The molecule has 4 N–H and O–H groups in total. The third-order valence-electron chi connectivity index (χ3n) is 2.23. The molecule has 0 fully saturated rings. The number of rotatable bonds is 3. The molecule has 0 aliphatic rings. The van der Waals surface area contributed by atoms with E-state index in [1.54, 1.807) is 12.1 Å². The molecule has 0 unspecified atom stereocenters. The third kappa shape index (κ3) is 3.50. The van der Waals surface area contributed by atoms with Gasteiger partial charge in [0.1, 0.15) is 0 Å². The molecule has 0 radical (unpaired) electrons. The smallest absolute Gasteiger partial charge is 0.324 e. The number of carbonyl (C=O) groups excluding carboxylic acids is 2. The number of anilines is 2. The van der Waals surface area contributed by atoms with Crippen molar-refractivity contribution in [3.8, 4) is 0 Å². The number of hydrogen-bond acceptors (Lipinski definition) is 4. The van der Waals surface area contributed by atoms with Gasteiger partial charge in [0.25, 0.3) is 0 Å². The molecule has 1 heterocycles. The quantitative estimate of drug-likeness (QED) is 0.767. The first-order chi connectivity index (χ1) is 9.15. The maximum atomic E-state index is 11.6. The molecular formula is C12H11N5O2. The highest BCUT2D eigenvalue weighted by molar-refractivity contribution is 5.99. The van der Waals surface area contributed by atoms with Crippen LogP contribution in [-0.2, 0) is 0 Å². The molecule has 7 nitrogen and oxygen atoms in total. The number of nitrogens with zero attached hydrogens (tertiary/aromatic N) is 2. The molecule has 2 aromatic rings. The van der Waals surface area contributed by atoms with Crippen LogP contribution < -0.4 is 16.4 Å². The molecule has 0 bridgehead atoms. The van der Waals surface area contributed by atoms with Gasteiger partial charge in [-0.2, -0.15) is 0 Å². The Balaban J connectivity index is 1.97. The van der Waals surface area contributed by atoms with Crippen molar-refractivity contribution < 1.29 is 9.59 Å². The Morgan fingerprint density at radius 2 is 1.79 bits per heavy atom. The molecule has 0 aliphatic carbocycles. The van der Waals surface area contributed by atoms with Crippen molar-refractivity contribution in [2.45, 2.75) is 0 Å². The number of aromatic nitrogens is 2. The number of hydrogen-bond donors (Lipinski definition) is 3. The molecule has 1 aromatic carbocycles. The Morgan fingerprint density at radius 1 is 1.05 bits per heavy atom. The van der Waals surface area contributed by atoms with Crippen LogP contribution in [0.1, 0.15) is 10.4 Å². The highest BCUT2D eigenvalue weighted by atomic mass is 16.2. The summed E-state index contributed by atoms with van der Waals surface area (Å²) >= 11 is 0. The van der Waals surface area contributed by atoms with E-state index in [1.165, 1.54) is 30.7 Å². The van der Waals surface area contributed by atoms with Gasteiger partial charge in [-0.05, 0) is 24.3 Å². The van der Waals surface area contributed by atoms with Gasteiger partial charge in [-0.25, -0.2) is 9.78 Å². The Labute approximate surface area is 108 Å². The van der Waals surface area contributed by atoms with Crippen LogP contribution in [0.3, 0.4) is 0 Å². The van der Waals surface area contributed by atoms with Gasteiger partial charge < -0.3 is 11.1 Å². The van der Waals surface area contributed by atoms with Crippen molar-refractivity contribution in [1.29, 1.82) is 0 Å². The lowest BCUT2D eigenvalue weighted by molar-refractivity contribution is 0.100. The molecule has 7 heteroatoms. The minimum absolute atomic E-state index is 0.341. The number of amides is 3. The van der Waals surface area contributed by atoms with Gasteiger partial charge in [0, 0.05) is 23.6 Å². The van der Waals surface area contributed by atoms with Gasteiger partial charge in [-0.3, -0.25) is 15.1 Å². The summed E-state index contributed by atoms with van der Waals surface area (Å²) in [4.78, 5) is 30.2. The molecule has 2 rings (SSSR count). The van der Waals surface area contributed by atoms with Crippen molar-refractivity contribution >= 4 is 23.4 Å². The van der Waals surface area contributed by atoms with Crippen molar-refractivity contribution in [2.75, 3.05) is 10.6 Å². The lowest BCUT2D eigenvalue weighted by atomic mass is 10.2.